The van der Waals surface area contributed by atoms with Crippen molar-refractivity contribution in [3.8, 4) is 5.75 Å². The number of nitrogens with one attached hydrogen (secondary N) is 2. The van der Waals surface area contributed by atoms with E-state index in [0.29, 0.717) is 22.7 Å². The van der Waals surface area contributed by atoms with Gasteiger partial charge in [-0.3, -0.25) is 19.8 Å². The zero-order valence-electron chi connectivity index (χ0n) is 17.4. The van der Waals surface area contributed by atoms with Crippen molar-refractivity contribution in [1.29, 1.82) is 0 Å². The normalized spacial score (nSPS) is 14.4. The minimum Gasteiger partial charge on any atom is -0.483 e. The molecule has 0 aromatic heterocycles. The van der Waals surface area contributed by atoms with Gasteiger partial charge in [-0.2, -0.15) is 0 Å². The lowest BCUT2D eigenvalue weighted by molar-refractivity contribution is -0.118. The van der Waals surface area contributed by atoms with Gasteiger partial charge >= 0.3 is 0 Å². The van der Waals surface area contributed by atoms with E-state index in [-0.39, 0.29) is 18.1 Å². The maximum Gasteiger partial charge on any atom is 0.282 e. The molecule has 1 aliphatic rings. The Morgan fingerprint density at radius 3 is 2.44 bits per heavy atom. The summed E-state index contributed by atoms with van der Waals surface area (Å²) < 4.78 is 5.69. The number of carbonyl (C=O) groups excluding carboxylic acids is 3. The first-order chi connectivity index (χ1) is 15.5. The van der Waals surface area contributed by atoms with E-state index in [9.17, 15) is 14.4 Å². The highest BCUT2D eigenvalue weighted by Gasteiger charge is 2.34. The first kappa shape index (κ1) is 20.9. The summed E-state index contributed by atoms with van der Waals surface area (Å²) in [6.45, 7) is 1.69. The molecule has 2 N–H and O–H groups in total. The highest BCUT2D eigenvalue weighted by molar-refractivity contribution is 6.31. The van der Waals surface area contributed by atoms with Crippen LogP contribution in [0.2, 0.25) is 0 Å². The minimum absolute atomic E-state index is 0.0192. The Kier molecular flexibility index (Phi) is 5.98. The van der Waals surface area contributed by atoms with Crippen molar-refractivity contribution < 1.29 is 19.1 Å². The van der Waals surface area contributed by atoms with E-state index in [2.05, 4.69) is 10.7 Å². The molecule has 1 saturated heterocycles. The van der Waals surface area contributed by atoms with E-state index in [1.807, 2.05) is 37.3 Å². The zero-order valence-corrected chi connectivity index (χ0v) is 17.4. The molecule has 0 bridgehead atoms. The second-order valence-corrected chi connectivity index (χ2v) is 7.16. The number of carbonyl (C=O) groups is 3. The van der Waals surface area contributed by atoms with Crippen molar-refractivity contribution in [2.24, 2.45) is 0 Å². The molecule has 0 aliphatic carbocycles. The minimum atomic E-state index is -0.508. The molecule has 1 aliphatic heterocycles. The van der Waals surface area contributed by atoms with Crippen molar-refractivity contribution >= 4 is 35.2 Å². The smallest absolute Gasteiger partial charge is 0.282 e. The van der Waals surface area contributed by atoms with Crippen LogP contribution in [0.15, 0.2) is 84.4 Å². The Hall–Kier alpha value is -4.39. The number of nitrogens with zero attached hydrogens (tertiary/aromatic N) is 1. The number of hydrazine groups is 1. The average Bonchev–Trinajstić information content (AvgIpc) is 3.09. The lowest BCUT2D eigenvalue weighted by Gasteiger charge is -2.14. The summed E-state index contributed by atoms with van der Waals surface area (Å²) in [6, 6.07) is 23.2. The van der Waals surface area contributed by atoms with E-state index in [1.165, 1.54) is 11.1 Å². The number of hydrogen-bond donors (Lipinski definition) is 2. The Morgan fingerprint density at radius 1 is 0.969 bits per heavy atom. The fraction of sp³-hybridized carbons (Fsp3) is 0.0800. The lowest BCUT2D eigenvalue weighted by atomic mass is 10.1. The van der Waals surface area contributed by atoms with E-state index >= 15 is 0 Å². The summed E-state index contributed by atoms with van der Waals surface area (Å²) in [5.41, 5.74) is 5.28. The number of aryl methyl sites for hydroxylation is 1. The van der Waals surface area contributed by atoms with E-state index < -0.39 is 11.8 Å². The van der Waals surface area contributed by atoms with Gasteiger partial charge in [0.05, 0.1) is 5.69 Å². The topological polar surface area (TPSA) is 87.7 Å². The molecule has 0 spiro atoms. The molecule has 7 heteroatoms. The molecule has 3 aromatic rings. The van der Waals surface area contributed by atoms with Crippen LogP contribution in [-0.4, -0.2) is 24.3 Å². The average molecular weight is 427 g/mol. The van der Waals surface area contributed by atoms with Gasteiger partial charge in [-0.1, -0.05) is 54.6 Å². The fourth-order valence-corrected chi connectivity index (χ4v) is 3.25. The van der Waals surface area contributed by atoms with E-state index in [4.69, 9.17) is 4.74 Å². The first-order valence-corrected chi connectivity index (χ1v) is 10.0. The van der Waals surface area contributed by atoms with Crippen molar-refractivity contribution in [3.05, 3.63) is 95.6 Å². The SMILES string of the molecule is Cc1ccccc1NC(=O)COc1ccccc1C=C1C(=O)NN(c2ccccc2)C1=O. The van der Waals surface area contributed by atoms with Crippen molar-refractivity contribution in [1.82, 2.24) is 5.43 Å². The van der Waals surface area contributed by atoms with Crippen LogP contribution in [0.4, 0.5) is 11.4 Å². The fourth-order valence-electron chi connectivity index (χ4n) is 3.25. The third kappa shape index (κ3) is 4.52. The van der Waals surface area contributed by atoms with Crippen molar-refractivity contribution in [2.75, 3.05) is 16.9 Å². The third-order valence-corrected chi connectivity index (χ3v) is 4.90. The zero-order chi connectivity index (χ0) is 22.5. The predicted octanol–water partition coefficient (Wildman–Crippen LogP) is 3.47. The van der Waals surface area contributed by atoms with Crippen molar-refractivity contribution in [3.63, 3.8) is 0 Å². The summed E-state index contributed by atoms with van der Waals surface area (Å²) in [5, 5.41) is 4.01. The van der Waals surface area contributed by atoms with Gasteiger partial charge in [0.15, 0.2) is 6.61 Å². The standard InChI is InChI=1S/C25H21N3O4/c1-17-9-5-7-13-21(17)26-23(29)16-32-22-14-8-6-10-18(22)15-20-24(30)27-28(25(20)31)19-11-3-2-4-12-19/h2-15H,16H2,1H3,(H,26,29)(H,27,30). The second-order valence-electron chi connectivity index (χ2n) is 7.16. The Bertz CT molecular complexity index is 1200. The number of hydrogen-bond acceptors (Lipinski definition) is 4. The van der Waals surface area contributed by atoms with Gasteiger partial charge in [0, 0.05) is 11.3 Å². The number of anilines is 2. The maximum atomic E-state index is 12.8. The molecule has 1 heterocycles. The van der Waals surface area contributed by atoms with Crippen molar-refractivity contribution in [2.45, 2.75) is 6.92 Å². The largest absolute Gasteiger partial charge is 0.483 e. The van der Waals surface area contributed by atoms with Crippen LogP contribution >= 0.6 is 0 Å². The summed E-state index contributed by atoms with van der Waals surface area (Å²) in [7, 11) is 0. The van der Waals surface area contributed by atoms with Crippen LogP contribution in [0, 0.1) is 6.92 Å². The van der Waals surface area contributed by atoms with Crippen LogP contribution in [-0.2, 0) is 14.4 Å². The Morgan fingerprint density at radius 2 is 1.66 bits per heavy atom. The molecule has 3 aromatic carbocycles. The Balaban J connectivity index is 1.49. The van der Waals surface area contributed by atoms with Crippen LogP contribution < -0.4 is 20.5 Å². The molecule has 0 atom stereocenters. The number of para-hydroxylation sites is 3. The van der Waals surface area contributed by atoms with Gasteiger partial charge < -0.3 is 10.1 Å². The molecule has 0 saturated carbocycles. The molecule has 4 rings (SSSR count). The van der Waals surface area contributed by atoms with E-state index in [0.717, 1.165) is 5.56 Å². The molecule has 32 heavy (non-hydrogen) atoms. The number of rotatable bonds is 6. The van der Waals surface area contributed by atoms with Gasteiger partial charge in [0.1, 0.15) is 11.3 Å². The summed E-state index contributed by atoms with van der Waals surface area (Å²) in [5.74, 6) is -0.898. The maximum absolute atomic E-state index is 12.8. The molecular weight excluding hydrogens is 406 g/mol. The van der Waals surface area contributed by atoms with Crippen LogP contribution in [0.5, 0.6) is 5.75 Å². The molecular formula is C25H21N3O4. The highest BCUT2D eigenvalue weighted by Crippen LogP contribution is 2.25. The second kappa shape index (κ2) is 9.18. The highest BCUT2D eigenvalue weighted by atomic mass is 16.5. The molecule has 0 unspecified atom stereocenters. The van der Waals surface area contributed by atoms with Gasteiger partial charge in [-0.15, -0.1) is 0 Å². The monoisotopic (exact) mass is 427 g/mol. The molecule has 0 radical (unpaired) electrons. The number of amides is 3. The van der Waals surface area contributed by atoms with Gasteiger partial charge in [-0.05, 0) is 42.8 Å². The predicted molar refractivity (Wildman–Crippen MR) is 122 cm³/mol. The summed E-state index contributed by atoms with van der Waals surface area (Å²) in [4.78, 5) is 37.6. The van der Waals surface area contributed by atoms with Gasteiger partial charge in [0.25, 0.3) is 17.7 Å². The van der Waals surface area contributed by atoms with Crippen LogP contribution in [0.25, 0.3) is 6.08 Å². The van der Waals surface area contributed by atoms with Gasteiger partial charge in [0.2, 0.25) is 0 Å². The third-order valence-electron chi connectivity index (χ3n) is 4.90. The summed E-state index contributed by atoms with van der Waals surface area (Å²) >= 11 is 0. The molecule has 160 valence electrons. The van der Waals surface area contributed by atoms with Gasteiger partial charge in [-0.25, -0.2) is 5.01 Å². The lowest BCUT2D eigenvalue weighted by Crippen LogP contribution is -2.35. The van der Waals surface area contributed by atoms with E-state index in [1.54, 1.807) is 48.5 Å². The quantitative estimate of drug-likeness (QED) is 0.466. The number of ether oxygens (including phenoxy) is 1. The summed E-state index contributed by atoms with van der Waals surface area (Å²) in [6.07, 6.45) is 1.47. The number of benzene rings is 3. The first-order valence-electron chi connectivity index (χ1n) is 10.0. The molecule has 7 nitrogen and oxygen atoms in total. The Labute approximate surface area is 185 Å². The van der Waals surface area contributed by atoms with Crippen LogP contribution in [0.3, 0.4) is 0 Å². The van der Waals surface area contributed by atoms with Crippen LogP contribution in [0.1, 0.15) is 11.1 Å². The molecule has 1 fully saturated rings. The molecule has 3 amide bonds.